The van der Waals surface area contributed by atoms with Crippen molar-refractivity contribution in [3.63, 3.8) is 0 Å². The van der Waals surface area contributed by atoms with E-state index in [4.69, 9.17) is 4.52 Å². The third-order valence-electron chi connectivity index (χ3n) is 6.99. The van der Waals surface area contributed by atoms with Crippen molar-refractivity contribution in [2.45, 2.75) is 57.9 Å². The van der Waals surface area contributed by atoms with E-state index in [0.717, 1.165) is 31.2 Å². The standard InChI is InChI=1S/C29H36FN3O/c1-29(2,3)24-15-11-23(12-16-24)28-31-26(34-32-28)19-8-20-6-9-21(10-7-20)27(33(4)5)22-13-17-25(30)18-14-22/h8,11-21,27H,6-7,9-10H2,1-5H3/b19-8+. The van der Waals surface area contributed by atoms with E-state index < -0.39 is 0 Å². The monoisotopic (exact) mass is 461 g/mol. The Morgan fingerprint density at radius 3 is 2.21 bits per heavy atom. The fourth-order valence-corrected chi connectivity index (χ4v) is 5.06. The molecule has 1 saturated carbocycles. The summed E-state index contributed by atoms with van der Waals surface area (Å²) >= 11 is 0. The van der Waals surface area contributed by atoms with Gasteiger partial charge < -0.3 is 9.42 Å². The third-order valence-corrected chi connectivity index (χ3v) is 6.99. The van der Waals surface area contributed by atoms with Gasteiger partial charge in [0.15, 0.2) is 0 Å². The lowest BCUT2D eigenvalue weighted by Crippen LogP contribution is -2.30. The lowest BCUT2D eigenvalue weighted by molar-refractivity contribution is 0.159. The third kappa shape index (κ3) is 5.82. The zero-order valence-electron chi connectivity index (χ0n) is 21.0. The molecule has 0 radical (unpaired) electrons. The minimum absolute atomic E-state index is 0.119. The number of rotatable bonds is 6. The van der Waals surface area contributed by atoms with Crippen LogP contribution in [-0.2, 0) is 5.41 Å². The highest BCUT2D eigenvalue weighted by Gasteiger charge is 2.29. The smallest absolute Gasteiger partial charge is 0.250 e. The van der Waals surface area contributed by atoms with Gasteiger partial charge in [0.1, 0.15) is 5.82 Å². The Kier molecular flexibility index (Phi) is 7.32. The van der Waals surface area contributed by atoms with Gasteiger partial charge in [0.2, 0.25) is 5.82 Å². The molecule has 34 heavy (non-hydrogen) atoms. The Morgan fingerprint density at radius 2 is 1.62 bits per heavy atom. The first-order valence-corrected chi connectivity index (χ1v) is 12.3. The van der Waals surface area contributed by atoms with Crippen LogP contribution in [-0.4, -0.2) is 29.1 Å². The van der Waals surface area contributed by atoms with E-state index in [1.54, 1.807) is 12.1 Å². The molecule has 1 aliphatic carbocycles. The highest BCUT2D eigenvalue weighted by Crippen LogP contribution is 2.40. The summed E-state index contributed by atoms with van der Waals surface area (Å²) < 4.78 is 18.9. The predicted octanol–water partition coefficient (Wildman–Crippen LogP) is 7.30. The number of hydrogen-bond donors (Lipinski definition) is 0. The summed E-state index contributed by atoms with van der Waals surface area (Å²) in [7, 11) is 4.23. The molecule has 3 aromatic rings. The van der Waals surface area contributed by atoms with Crippen LogP contribution in [0.5, 0.6) is 0 Å². The topological polar surface area (TPSA) is 42.2 Å². The van der Waals surface area contributed by atoms with Gasteiger partial charge in [0.05, 0.1) is 0 Å². The quantitative estimate of drug-likeness (QED) is 0.386. The van der Waals surface area contributed by atoms with Crippen LogP contribution < -0.4 is 0 Å². The normalized spacial score (nSPS) is 20.2. The molecule has 180 valence electrons. The van der Waals surface area contributed by atoms with Crippen molar-refractivity contribution in [3.05, 3.63) is 77.4 Å². The Balaban J connectivity index is 1.35. The van der Waals surface area contributed by atoms with Gasteiger partial charge in [-0.05, 0) is 86.4 Å². The Hall–Kier alpha value is -2.79. The number of nitrogens with zero attached hydrogens (tertiary/aromatic N) is 3. The SMILES string of the molecule is CN(C)C(c1ccc(F)cc1)C1CCC(/C=C/c2nc(-c3ccc(C(C)(C)C)cc3)no2)CC1. The van der Waals surface area contributed by atoms with Crippen molar-refractivity contribution in [1.29, 1.82) is 0 Å². The van der Waals surface area contributed by atoms with E-state index in [9.17, 15) is 4.39 Å². The maximum Gasteiger partial charge on any atom is 0.250 e. The van der Waals surface area contributed by atoms with Gasteiger partial charge in [0.25, 0.3) is 5.89 Å². The van der Waals surface area contributed by atoms with E-state index >= 15 is 0 Å². The molecule has 0 bridgehead atoms. The van der Waals surface area contributed by atoms with Crippen LogP contribution in [0.4, 0.5) is 4.39 Å². The van der Waals surface area contributed by atoms with Gasteiger partial charge in [-0.3, -0.25) is 0 Å². The molecule has 1 aliphatic rings. The van der Waals surface area contributed by atoms with E-state index in [0.29, 0.717) is 29.6 Å². The lowest BCUT2D eigenvalue weighted by atomic mass is 9.76. The molecule has 1 aromatic heterocycles. The maximum absolute atomic E-state index is 13.4. The largest absolute Gasteiger partial charge is 0.334 e. The number of benzene rings is 2. The van der Waals surface area contributed by atoms with Crippen LogP contribution in [0.25, 0.3) is 17.5 Å². The van der Waals surface area contributed by atoms with Crippen LogP contribution in [0.3, 0.4) is 0 Å². The van der Waals surface area contributed by atoms with Crippen molar-refractivity contribution < 1.29 is 8.91 Å². The molecule has 1 atom stereocenters. The molecule has 2 aromatic carbocycles. The molecule has 4 nitrogen and oxygen atoms in total. The minimum atomic E-state index is -0.179. The average molecular weight is 462 g/mol. The molecule has 0 aliphatic heterocycles. The molecular formula is C29H36FN3O. The Morgan fingerprint density at radius 1 is 0.971 bits per heavy atom. The van der Waals surface area contributed by atoms with Crippen LogP contribution in [0, 0.1) is 17.7 Å². The van der Waals surface area contributed by atoms with Crippen molar-refractivity contribution in [2.24, 2.45) is 11.8 Å². The molecule has 0 N–H and O–H groups in total. The molecule has 0 amide bonds. The summed E-state index contributed by atoms with van der Waals surface area (Å²) in [5, 5.41) is 4.17. The minimum Gasteiger partial charge on any atom is -0.334 e. The summed E-state index contributed by atoms with van der Waals surface area (Å²) in [6.07, 6.45) is 8.73. The molecule has 1 fully saturated rings. The summed E-state index contributed by atoms with van der Waals surface area (Å²) in [6, 6.07) is 15.7. The van der Waals surface area contributed by atoms with Crippen LogP contribution in [0.2, 0.25) is 0 Å². The molecule has 5 heteroatoms. The van der Waals surface area contributed by atoms with Crippen LogP contribution in [0.1, 0.15) is 69.5 Å². The number of allylic oxidation sites excluding steroid dienone is 1. The van der Waals surface area contributed by atoms with E-state index in [1.807, 2.05) is 18.2 Å². The van der Waals surface area contributed by atoms with Crippen molar-refractivity contribution >= 4 is 6.08 Å². The summed E-state index contributed by atoms with van der Waals surface area (Å²) in [5.74, 6) is 2.07. The molecular weight excluding hydrogens is 425 g/mol. The summed E-state index contributed by atoms with van der Waals surface area (Å²) in [4.78, 5) is 6.83. The van der Waals surface area contributed by atoms with Gasteiger partial charge in [-0.15, -0.1) is 0 Å². The van der Waals surface area contributed by atoms with Gasteiger partial charge >= 0.3 is 0 Å². The zero-order valence-corrected chi connectivity index (χ0v) is 21.0. The number of hydrogen-bond acceptors (Lipinski definition) is 4. The van der Waals surface area contributed by atoms with Crippen molar-refractivity contribution in [3.8, 4) is 11.4 Å². The maximum atomic E-state index is 13.4. The van der Waals surface area contributed by atoms with Gasteiger partial charge in [-0.2, -0.15) is 4.98 Å². The Bertz CT molecular complexity index is 1090. The van der Waals surface area contributed by atoms with Crippen LogP contribution >= 0.6 is 0 Å². The summed E-state index contributed by atoms with van der Waals surface area (Å²) in [5.41, 5.74) is 3.56. The van der Waals surface area contributed by atoms with E-state index in [-0.39, 0.29) is 11.2 Å². The molecule has 0 saturated heterocycles. The Labute approximate surface area is 202 Å². The molecule has 1 heterocycles. The first-order valence-electron chi connectivity index (χ1n) is 12.3. The van der Waals surface area contributed by atoms with Gasteiger partial charge in [0, 0.05) is 11.6 Å². The average Bonchev–Trinajstić information content (AvgIpc) is 3.28. The molecule has 0 spiro atoms. The highest BCUT2D eigenvalue weighted by atomic mass is 19.1. The van der Waals surface area contributed by atoms with Crippen molar-refractivity contribution in [1.82, 2.24) is 15.0 Å². The first kappa shape index (κ1) is 24.3. The number of halogens is 1. The zero-order chi connectivity index (χ0) is 24.3. The molecule has 4 rings (SSSR count). The van der Waals surface area contributed by atoms with E-state index in [1.165, 1.54) is 11.1 Å². The number of aromatic nitrogens is 2. The van der Waals surface area contributed by atoms with Gasteiger partial charge in [-0.1, -0.05) is 68.4 Å². The fraction of sp³-hybridized carbons (Fsp3) is 0.448. The van der Waals surface area contributed by atoms with Gasteiger partial charge in [-0.25, -0.2) is 4.39 Å². The second kappa shape index (κ2) is 10.2. The van der Waals surface area contributed by atoms with E-state index in [2.05, 4.69) is 80.2 Å². The molecule has 1 unspecified atom stereocenters. The van der Waals surface area contributed by atoms with Crippen LogP contribution in [0.15, 0.2) is 59.1 Å². The highest BCUT2D eigenvalue weighted by molar-refractivity contribution is 5.56. The second-order valence-electron chi connectivity index (χ2n) is 10.8. The second-order valence-corrected chi connectivity index (χ2v) is 10.8. The first-order chi connectivity index (χ1) is 16.2. The fourth-order valence-electron chi connectivity index (χ4n) is 5.06. The van der Waals surface area contributed by atoms with Crippen molar-refractivity contribution in [2.75, 3.05) is 14.1 Å². The lowest BCUT2D eigenvalue weighted by Gasteiger charge is -2.37. The predicted molar refractivity (Wildman–Crippen MR) is 136 cm³/mol. The summed E-state index contributed by atoms with van der Waals surface area (Å²) in [6.45, 7) is 6.61.